The molecule has 2 heteroatoms. The van der Waals surface area contributed by atoms with Gasteiger partial charge in [0.15, 0.2) is 12.4 Å². The number of hydrogen-bond donors (Lipinski definition) is 0. The van der Waals surface area contributed by atoms with Crippen LogP contribution >= 0.6 is 0 Å². The Morgan fingerprint density at radius 1 is 0.429 bits per heavy atom. The predicted octanol–water partition coefficient (Wildman–Crippen LogP) is 11.8. The number of aliphatic imine (C=N–C) groups is 2. The lowest BCUT2D eigenvalue weighted by molar-refractivity contribution is 0.366. The van der Waals surface area contributed by atoms with Gasteiger partial charge in [-0.05, 0) is 12.3 Å². The Bertz CT molecular complexity index is 458. The molecule has 0 aromatic rings. The first-order chi connectivity index (χ1) is 17.4. The molecule has 1 rings (SSSR count). The van der Waals surface area contributed by atoms with Gasteiger partial charge in [-0.25, -0.2) is 0 Å². The second-order valence-corrected chi connectivity index (χ2v) is 11.4. The highest BCUT2D eigenvalue weighted by Gasteiger charge is 2.15. The van der Waals surface area contributed by atoms with Crippen molar-refractivity contribution in [3.63, 3.8) is 0 Å². The molecule has 0 saturated heterocycles. The molecule has 35 heavy (non-hydrogen) atoms. The van der Waals surface area contributed by atoms with E-state index in [0.29, 0.717) is 0 Å². The Morgan fingerprint density at radius 2 is 0.743 bits per heavy atom. The molecule has 0 saturated carbocycles. The van der Waals surface area contributed by atoms with Crippen LogP contribution in [0.3, 0.4) is 0 Å². The van der Waals surface area contributed by atoms with Crippen LogP contribution in [0.5, 0.6) is 0 Å². The maximum absolute atomic E-state index is 4.31. The molecule has 1 atom stereocenters. The van der Waals surface area contributed by atoms with Crippen molar-refractivity contribution in [3.05, 3.63) is 6.17 Å². The molecular formula is C33H63N2+. The van der Waals surface area contributed by atoms with Crippen molar-refractivity contribution in [2.75, 3.05) is 0 Å². The smallest absolute Gasteiger partial charge is 0.0968 e. The average Bonchev–Trinajstić information content (AvgIpc) is 3.39. The van der Waals surface area contributed by atoms with E-state index >= 15 is 0 Å². The summed E-state index contributed by atoms with van der Waals surface area (Å²) in [6.45, 7) is 4.62. The minimum atomic E-state index is 0.980. The van der Waals surface area contributed by atoms with Gasteiger partial charge in [0.25, 0.3) is 0 Å². The van der Waals surface area contributed by atoms with E-state index in [-0.39, 0.29) is 0 Å². The molecule has 1 aliphatic heterocycles. The lowest BCUT2D eigenvalue weighted by Crippen LogP contribution is -2.02. The molecule has 0 N–H and O–H groups in total. The minimum absolute atomic E-state index is 0.980. The molecule has 0 amide bonds. The van der Waals surface area contributed by atoms with Gasteiger partial charge < -0.3 is 0 Å². The van der Waals surface area contributed by atoms with Gasteiger partial charge in [-0.2, -0.15) is 0 Å². The first kappa shape index (κ1) is 32.2. The maximum Gasteiger partial charge on any atom is 0.240 e. The second-order valence-electron chi connectivity index (χ2n) is 11.4. The van der Waals surface area contributed by atoms with Crippen LogP contribution in [0.1, 0.15) is 187 Å². The van der Waals surface area contributed by atoms with Gasteiger partial charge in [0.05, 0.1) is 6.42 Å². The van der Waals surface area contributed by atoms with Crippen molar-refractivity contribution < 1.29 is 0 Å². The van der Waals surface area contributed by atoms with Gasteiger partial charge in [-0.1, -0.05) is 184 Å². The van der Waals surface area contributed by atoms with Gasteiger partial charge in [-0.3, -0.25) is 0 Å². The lowest BCUT2D eigenvalue weighted by Gasteiger charge is -2.17. The van der Waals surface area contributed by atoms with E-state index in [9.17, 15) is 0 Å². The number of unbranched alkanes of at least 4 members (excludes halogenated alkanes) is 20. The Kier molecular flexibility index (Phi) is 24.2. The van der Waals surface area contributed by atoms with E-state index < -0.39 is 0 Å². The van der Waals surface area contributed by atoms with Gasteiger partial charge in [-0.15, -0.1) is 0 Å². The second kappa shape index (κ2) is 26.3. The summed E-state index contributed by atoms with van der Waals surface area (Å²) in [6, 6.07) is 0. The van der Waals surface area contributed by atoms with Crippen molar-refractivity contribution in [1.82, 2.24) is 0 Å². The molecule has 0 aromatic carbocycles. The quantitative estimate of drug-likeness (QED) is 0.0774. The summed E-state index contributed by atoms with van der Waals surface area (Å²) in [5, 5.41) is 0. The Morgan fingerprint density at radius 3 is 1.11 bits per heavy atom. The van der Waals surface area contributed by atoms with E-state index in [1.165, 1.54) is 167 Å². The van der Waals surface area contributed by atoms with Gasteiger partial charge in [0.1, 0.15) is 0 Å². The summed E-state index contributed by atoms with van der Waals surface area (Å²) in [5.41, 5.74) is 0. The molecule has 1 aliphatic rings. The zero-order valence-corrected chi connectivity index (χ0v) is 24.2. The van der Waals surface area contributed by atoms with Crippen molar-refractivity contribution in [2.24, 2.45) is 15.9 Å². The van der Waals surface area contributed by atoms with E-state index in [1.807, 2.05) is 12.4 Å². The number of nitrogens with zero attached hydrogens (tertiary/aromatic N) is 2. The van der Waals surface area contributed by atoms with Crippen LogP contribution in [-0.4, -0.2) is 12.4 Å². The van der Waals surface area contributed by atoms with Gasteiger partial charge in [0.2, 0.25) is 6.17 Å². The number of hydrogen-bond acceptors (Lipinski definition) is 2. The van der Waals surface area contributed by atoms with E-state index in [0.717, 1.165) is 18.5 Å². The topological polar surface area (TPSA) is 24.7 Å². The Labute approximate surface area is 221 Å². The highest BCUT2D eigenvalue weighted by molar-refractivity contribution is 6.18. The largest absolute Gasteiger partial charge is 0.240 e. The van der Waals surface area contributed by atoms with Crippen LogP contribution in [0, 0.1) is 12.1 Å². The minimum Gasteiger partial charge on any atom is -0.0968 e. The van der Waals surface area contributed by atoms with Crippen LogP contribution in [0.15, 0.2) is 9.98 Å². The third kappa shape index (κ3) is 22.2. The van der Waals surface area contributed by atoms with Crippen molar-refractivity contribution in [1.29, 1.82) is 0 Å². The molecule has 0 fully saturated rings. The highest BCUT2D eigenvalue weighted by Crippen LogP contribution is 2.25. The molecule has 0 spiro atoms. The Hall–Kier alpha value is -0.790. The monoisotopic (exact) mass is 487 g/mol. The first-order valence-corrected chi connectivity index (χ1v) is 16.3. The molecule has 204 valence electrons. The molecule has 1 heterocycles. The molecular weight excluding hydrogens is 424 g/mol. The fraction of sp³-hybridized carbons (Fsp3) is 0.909. The summed E-state index contributed by atoms with van der Waals surface area (Å²) in [7, 11) is 0. The maximum atomic E-state index is 4.31. The summed E-state index contributed by atoms with van der Waals surface area (Å²) in [6.07, 6.45) is 43.3. The summed E-state index contributed by atoms with van der Waals surface area (Å²) < 4.78 is 0. The third-order valence-electron chi connectivity index (χ3n) is 7.96. The zero-order valence-electron chi connectivity index (χ0n) is 24.2. The van der Waals surface area contributed by atoms with E-state index in [1.54, 1.807) is 0 Å². The predicted molar refractivity (Wildman–Crippen MR) is 160 cm³/mol. The molecule has 0 bridgehead atoms. The molecule has 0 aromatic heterocycles. The standard InChI is InChI=1S/C33H63N2/c1-3-5-7-9-11-12-13-14-15-16-17-18-20-23-27-32(26-22-19-10-8-6-4-2)28-24-21-25-29-33-34-30-31-35-33/h30-32H,3-29H2,1-2H3/q+1. The van der Waals surface area contributed by atoms with Crippen LogP contribution in [0.4, 0.5) is 0 Å². The third-order valence-corrected chi connectivity index (χ3v) is 7.96. The van der Waals surface area contributed by atoms with E-state index in [2.05, 4.69) is 23.8 Å². The van der Waals surface area contributed by atoms with Gasteiger partial charge in [0, 0.05) is 0 Å². The summed E-state index contributed by atoms with van der Waals surface area (Å²) >= 11 is 0. The molecule has 0 radical (unpaired) electrons. The fourth-order valence-electron chi connectivity index (χ4n) is 5.57. The van der Waals surface area contributed by atoms with Crippen molar-refractivity contribution >= 4 is 12.4 Å². The SMILES string of the molecule is CCCCCCCCCCCCCCCCC(CCCCCCCC)CCCCC[C+]1N=CC=N1. The van der Waals surface area contributed by atoms with Crippen LogP contribution < -0.4 is 0 Å². The number of rotatable bonds is 28. The van der Waals surface area contributed by atoms with Gasteiger partial charge >= 0.3 is 0 Å². The first-order valence-electron chi connectivity index (χ1n) is 16.3. The van der Waals surface area contributed by atoms with Crippen LogP contribution in [-0.2, 0) is 0 Å². The van der Waals surface area contributed by atoms with E-state index in [4.69, 9.17) is 0 Å². The lowest BCUT2D eigenvalue weighted by atomic mass is 9.89. The molecule has 2 nitrogen and oxygen atoms in total. The molecule has 0 aliphatic carbocycles. The Balaban J connectivity index is 2.01. The van der Waals surface area contributed by atoms with Crippen molar-refractivity contribution in [3.8, 4) is 0 Å². The average molecular weight is 488 g/mol. The summed E-state index contributed by atoms with van der Waals surface area (Å²) in [5.74, 6) is 0.980. The molecule has 1 unspecified atom stereocenters. The van der Waals surface area contributed by atoms with Crippen LogP contribution in [0.25, 0.3) is 0 Å². The zero-order chi connectivity index (χ0) is 25.1. The normalized spacial score (nSPS) is 13.8. The summed E-state index contributed by atoms with van der Waals surface area (Å²) in [4.78, 5) is 8.62. The van der Waals surface area contributed by atoms with Crippen LogP contribution in [0.2, 0.25) is 0 Å². The fourth-order valence-corrected chi connectivity index (χ4v) is 5.57. The van der Waals surface area contributed by atoms with Crippen molar-refractivity contribution in [2.45, 2.75) is 187 Å². The highest BCUT2D eigenvalue weighted by atomic mass is 15.0.